The maximum absolute atomic E-state index is 12.3. The monoisotopic (exact) mass is 340 g/mol. The average Bonchev–Trinajstić information content (AvgIpc) is 2.79. The molecule has 4 nitrogen and oxygen atoms in total. The van der Waals surface area contributed by atoms with Crippen molar-refractivity contribution in [2.45, 2.75) is 15.4 Å². The summed E-state index contributed by atoms with van der Waals surface area (Å²) in [5, 5.41) is 8.95. The summed E-state index contributed by atoms with van der Waals surface area (Å²) < 4.78 is 40.3. The molecule has 0 aliphatic carbocycles. The van der Waals surface area contributed by atoms with Crippen molar-refractivity contribution in [2.24, 2.45) is 0 Å². The van der Waals surface area contributed by atoms with Gasteiger partial charge in [-0.2, -0.15) is 17.5 Å². The first-order valence-corrected chi connectivity index (χ1v) is 6.86. The van der Waals surface area contributed by atoms with Gasteiger partial charge in [0.2, 0.25) is 5.82 Å². The molecule has 0 aliphatic rings. The molecule has 0 aliphatic heterocycles. The van der Waals surface area contributed by atoms with Gasteiger partial charge in [-0.25, -0.2) is 9.78 Å². The second-order valence-corrected chi connectivity index (χ2v) is 5.91. The van der Waals surface area contributed by atoms with E-state index in [0.717, 1.165) is 11.8 Å². The lowest BCUT2D eigenvalue weighted by Crippen LogP contribution is -2.06. The second-order valence-electron chi connectivity index (χ2n) is 3.43. The summed E-state index contributed by atoms with van der Waals surface area (Å²) in [6.45, 7) is 0. The van der Waals surface area contributed by atoms with Gasteiger partial charge in [0.1, 0.15) is 0 Å². The Labute approximate surface area is 123 Å². The van der Waals surface area contributed by atoms with Crippen LogP contribution in [0.1, 0.15) is 16.2 Å². The average molecular weight is 341 g/mol. The third-order valence-electron chi connectivity index (χ3n) is 2.03. The zero-order chi connectivity index (χ0) is 14.9. The summed E-state index contributed by atoms with van der Waals surface area (Å²) in [6.07, 6.45) is -4.60. The van der Waals surface area contributed by atoms with E-state index in [0.29, 0.717) is 16.4 Å². The highest BCUT2D eigenvalue weighted by Gasteiger charge is 2.36. The molecule has 1 heterocycles. The van der Waals surface area contributed by atoms with Crippen molar-refractivity contribution in [3.63, 3.8) is 0 Å². The van der Waals surface area contributed by atoms with Gasteiger partial charge < -0.3 is 5.11 Å². The van der Waals surface area contributed by atoms with E-state index in [9.17, 15) is 18.0 Å². The third-order valence-corrected chi connectivity index (χ3v) is 4.10. The molecule has 0 radical (unpaired) electrons. The van der Waals surface area contributed by atoms with Crippen LogP contribution in [0.5, 0.6) is 0 Å². The van der Waals surface area contributed by atoms with Gasteiger partial charge >= 0.3 is 12.1 Å². The minimum atomic E-state index is -4.60. The molecular formula is C10H4ClF3N2O2S2. The predicted molar refractivity (Wildman–Crippen MR) is 67.4 cm³/mol. The van der Waals surface area contributed by atoms with Gasteiger partial charge in [0.15, 0.2) is 4.34 Å². The Balaban J connectivity index is 2.24. The first kappa shape index (κ1) is 15.1. The number of carboxylic acids is 1. The first-order chi connectivity index (χ1) is 9.27. The predicted octanol–water partition coefficient (Wildman–Crippen LogP) is 4.06. The highest BCUT2D eigenvalue weighted by Crippen LogP contribution is 2.35. The van der Waals surface area contributed by atoms with Crippen molar-refractivity contribution in [3.05, 3.63) is 34.6 Å². The topological polar surface area (TPSA) is 63.1 Å². The van der Waals surface area contributed by atoms with Crippen LogP contribution in [0, 0.1) is 0 Å². The molecule has 0 atom stereocenters. The third kappa shape index (κ3) is 3.41. The smallest absolute Gasteiger partial charge is 0.452 e. The number of halogens is 4. The summed E-state index contributed by atoms with van der Waals surface area (Å²) in [4.78, 5) is 14.6. The van der Waals surface area contributed by atoms with Gasteiger partial charge in [0, 0.05) is 4.90 Å². The van der Waals surface area contributed by atoms with Crippen molar-refractivity contribution in [1.29, 1.82) is 0 Å². The number of aromatic carboxylic acids is 1. The van der Waals surface area contributed by atoms with Crippen LogP contribution in [0.4, 0.5) is 13.2 Å². The van der Waals surface area contributed by atoms with Crippen LogP contribution in [0.3, 0.4) is 0 Å². The van der Waals surface area contributed by atoms with E-state index in [2.05, 4.69) is 9.36 Å². The van der Waals surface area contributed by atoms with E-state index < -0.39 is 18.0 Å². The fourth-order valence-corrected chi connectivity index (χ4v) is 3.03. The zero-order valence-corrected chi connectivity index (χ0v) is 11.7. The van der Waals surface area contributed by atoms with Crippen molar-refractivity contribution < 1.29 is 23.1 Å². The lowest BCUT2D eigenvalue weighted by molar-refractivity contribution is -0.144. The number of hydrogen-bond acceptors (Lipinski definition) is 5. The first-order valence-electron chi connectivity index (χ1n) is 4.89. The number of rotatable bonds is 3. The highest BCUT2D eigenvalue weighted by molar-refractivity contribution is 8.01. The number of benzene rings is 1. The molecule has 0 unspecified atom stereocenters. The number of carbonyl (C=O) groups is 1. The molecule has 1 N–H and O–H groups in total. The van der Waals surface area contributed by atoms with Crippen LogP contribution in [-0.2, 0) is 6.18 Å². The molecule has 20 heavy (non-hydrogen) atoms. The zero-order valence-electron chi connectivity index (χ0n) is 9.31. The van der Waals surface area contributed by atoms with Crippen LogP contribution in [0.25, 0.3) is 0 Å². The number of nitrogens with zero attached hydrogens (tertiary/aromatic N) is 2. The van der Waals surface area contributed by atoms with E-state index in [4.69, 9.17) is 16.7 Å². The SMILES string of the molecule is O=C(O)c1cc(Sc2nc(C(F)(F)F)ns2)ccc1Cl. The largest absolute Gasteiger partial charge is 0.478 e. The van der Waals surface area contributed by atoms with Gasteiger partial charge in [0.05, 0.1) is 10.6 Å². The maximum atomic E-state index is 12.3. The Kier molecular flexibility index (Phi) is 4.21. The van der Waals surface area contributed by atoms with Gasteiger partial charge in [-0.15, -0.1) is 0 Å². The van der Waals surface area contributed by atoms with E-state index in [-0.39, 0.29) is 14.9 Å². The molecule has 0 saturated heterocycles. The van der Waals surface area contributed by atoms with Crippen molar-refractivity contribution in [3.8, 4) is 0 Å². The summed E-state index contributed by atoms with van der Waals surface area (Å²) in [5.41, 5.74) is -0.128. The molecule has 10 heteroatoms. The summed E-state index contributed by atoms with van der Waals surface area (Å²) >= 11 is 7.17. The van der Waals surface area contributed by atoms with Crippen molar-refractivity contribution in [1.82, 2.24) is 9.36 Å². The van der Waals surface area contributed by atoms with Crippen LogP contribution >= 0.6 is 34.9 Å². The minimum Gasteiger partial charge on any atom is -0.478 e. The van der Waals surface area contributed by atoms with E-state index in [1.807, 2.05) is 0 Å². The lowest BCUT2D eigenvalue weighted by Gasteiger charge is -2.02. The molecule has 0 saturated carbocycles. The Hall–Kier alpha value is -1.32. The van der Waals surface area contributed by atoms with Gasteiger partial charge in [-0.3, -0.25) is 0 Å². The second kappa shape index (κ2) is 5.58. The molecule has 0 spiro atoms. The molecular weight excluding hydrogens is 337 g/mol. The Morgan fingerprint density at radius 3 is 2.65 bits per heavy atom. The number of aromatic nitrogens is 2. The van der Waals surface area contributed by atoms with Crippen molar-refractivity contribution in [2.75, 3.05) is 0 Å². The van der Waals surface area contributed by atoms with E-state index in [1.54, 1.807) is 0 Å². The molecule has 2 rings (SSSR count). The quantitative estimate of drug-likeness (QED) is 0.912. The Bertz CT molecular complexity index is 660. The van der Waals surface area contributed by atoms with E-state index >= 15 is 0 Å². The van der Waals surface area contributed by atoms with Gasteiger partial charge in [0.25, 0.3) is 0 Å². The summed E-state index contributed by atoms with van der Waals surface area (Å²) in [6, 6.07) is 4.12. The minimum absolute atomic E-state index is 0.0510. The molecule has 1 aromatic carbocycles. The van der Waals surface area contributed by atoms with Crippen LogP contribution < -0.4 is 0 Å². The summed E-state index contributed by atoms with van der Waals surface area (Å²) in [5.74, 6) is -2.43. The molecule has 0 amide bonds. The Morgan fingerprint density at radius 2 is 2.10 bits per heavy atom. The van der Waals surface area contributed by atoms with Crippen LogP contribution in [0.15, 0.2) is 27.4 Å². The number of hydrogen-bond donors (Lipinski definition) is 1. The van der Waals surface area contributed by atoms with Crippen LogP contribution in [0.2, 0.25) is 5.02 Å². The fourth-order valence-electron chi connectivity index (χ4n) is 1.20. The molecule has 1 aromatic heterocycles. The summed E-state index contributed by atoms with van der Waals surface area (Å²) in [7, 11) is 0. The molecule has 0 bridgehead atoms. The lowest BCUT2D eigenvalue weighted by atomic mass is 10.2. The molecule has 2 aromatic rings. The van der Waals surface area contributed by atoms with Crippen molar-refractivity contribution >= 4 is 40.9 Å². The highest BCUT2D eigenvalue weighted by atomic mass is 35.5. The van der Waals surface area contributed by atoms with Gasteiger partial charge in [-0.1, -0.05) is 23.4 Å². The van der Waals surface area contributed by atoms with E-state index in [1.165, 1.54) is 18.2 Å². The standard InChI is InChI=1S/C10H4ClF3N2O2S2/c11-6-2-1-4(3-5(6)7(17)18)19-9-15-8(16-20-9)10(12,13)14/h1-3H,(H,17,18). The fraction of sp³-hybridized carbons (Fsp3) is 0.100. The maximum Gasteiger partial charge on any atom is 0.452 e. The van der Waals surface area contributed by atoms with Crippen LogP contribution in [-0.4, -0.2) is 20.4 Å². The molecule has 0 fully saturated rings. The van der Waals surface area contributed by atoms with Gasteiger partial charge in [-0.05, 0) is 29.7 Å². The number of alkyl halides is 3. The number of carboxylic acid groups (broad SMARTS) is 1. The normalized spacial score (nSPS) is 11.6. The Morgan fingerprint density at radius 1 is 1.40 bits per heavy atom. The molecule has 106 valence electrons.